The second-order valence-corrected chi connectivity index (χ2v) is 11.4. The molecule has 0 saturated carbocycles. The number of nitrogens with one attached hydrogen (secondary N) is 4. The fraction of sp³-hybridized carbons (Fsp3) is 0.0270. The smallest absolute Gasteiger partial charge is 0.290 e. The van der Waals surface area contributed by atoms with E-state index in [0.29, 0.717) is 29.2 Å². The van der Waals surface area contributed by atoms with Gasteiger partial charge in [0.05, 0.1) is 22.8 Å². The molecule has 0 aliphatic heterocycles. The second kappa shape index (κ2) is 11.9. The van der Waals surface area contributed by atoms with Gasteiger partial charge in [0.15, 0.2) is 22.3 Å². The Kier molecular flexibility index (Phi) is 7.14. The van der Waals surface area contributed by atoms with Gasteiger partial charge in [-0.3, -0.25) is 29.5 Å². The molecular formula is C37H24N8O4. The Morgan fingerprint density at radius 2 is 0.735 bits per heavy atom. The van der Waals surface area contributed by atoms with Crippen molar-refractivity contribution in [3.63, 3.8) is 0 Å². The molecule has 0 saturated heterocycles. The summed E-state index contributed by atoms with van der Waals surface area (Å²) in [6.45, 7) is 0. The largest absolute Gasteiger partial charge is 0.327 e. The highest BCUT2D eigenvalue weighted by Crippen LogP contribution is 2.32. The minimum Gasteiger partial charge on any atom is -0.290 e. The lowest BCUT2D eigenvalue weighted by molar-refractivity contribution is 1.04. The number of H-pyrrole nitrogens is 4. The van der Waals surface area contributed by atoms with Crippen LogP contribution in [0.1, 0.15) is 11.1 Å². The Labute approximate surface area is 275 Å². The highest BCUT2D eigenvalue weighted by molar-refractivity contribution is 5.85. The first-order valence-corrected chi connectivity index (χ1v) is 15.3. The van der Waals surface area contributed by atoms with Crippen LogP contribution in [-0.2, 0) is 6.42 Å². The van der Waals surface area contributed by atoms with Gasteiger partial charge in [-0.15, -0.1) is 0 Å². The molecule has 0 spiro atoms. The minimum absolute atomic E-state index is 0.0446. The van der Waals surface area contributed by atoms with Crippen molar-refractivity contribution in [2.45, 2.75) is 6.42 Å². The number of hydrogen-bond donors (Lipinski definition) is 4. The number of nitrogens with zero attached hydrogens (tertiary/aromatic N) is 4. The molecule has 12 heteroatoms. The first kappa shape index (κ1) is 29.3. The van der Waals surface area contributed by atoms with Crippen LogP contribution in [0.4, 0.5) is 0 Å². The van der Waals surface area contributed by atoms with E-state index in [0.717, 1.165) is 33.4 Å². The lowest BCUT2D eigenvalue weighted by Crippen LogP contribution is -2.23. The van der Waals surface area contributed by atoms with Crippen LogP contribution < -0.4 is 22.5 Å². The lowest BCUT2D eigenvalue weighted by atomic mass is 9.98. The van der Waals surface area contributed by atoms with Crippen LogP contribution in [0.3, 0.4) is 0 Å². The van der Waals surface area contributed by atoms with Crippen molar-refractivity contribution >= 4 is 22.3 Å². The van der Waals surface area contributed by atoms with Crippen molar-refractivity contribution in [3.05, 3.63) is 162 Å². The molecule has 0 atom stereocenters. The highest BCUT2D eigenvalue weighted by atomic mass is 16.2. The molecule has 236 valence electrons. The lowest BCUT2D eigenvalue weighted by Gasteiger charge is -2.12. The van der Waals surface area contributed by atoms with Gasteiger partial charge in [0.25, 0.3) is 11.1 Å². The molecule has 0 aliphatic carbocycles. The van der Waals surface area contributed by atoms with Crippen LogP contribution >= 0.6 is 0 Å². The van der Waals surface area contributed by atoms with E-state index >= 15 is 0 Å². The Morgan fingerprint density at radius 3 is 1.12 bits per heavy atom. The van der Waals surface area contributed by atoms with Gasteiger partial charge in [0, 0.05) is 22.3 Å². The van der Waals surface area contributed by atoms with Crippen molar-refractivity contribution in [1.82, 2.24) is 39.9 Å². The molecule has 0 unspecified atom stereocenters. The normalized spacial score (nSPS) is 11.3. The zero-order valence-corrected chi connectivity index (χ0v) is 25.5. The maximum atomic E-state index is 12.6. The molecule has 4 aromatic carbocycles. The number of hydrogen-bond acceptors (Lipinski definition) is 8. The third kappa shape index (κ3) is 5.63. The first-order chi connectivity index (χ1) is 23.9. The van der Waals surface area contributed by atoms with Crippen LogP contribution in [0.2, 0.25) is 0 Å². The number of rotatable bonds is 6. The molecule has 4 heterocycles. The Morgan fingerprint density at radius 1 is 0.388 bits per heavy atom. The summed E-state index contributed by atoms with van der Waals surface area (Å²) in [6, 6.07) is 34.6. The maximum Gasteiger partial charge on any atom is 0.327 e. The predicted octanol–water partition coefficient (Wildman–Crippen LogP) is 4.59. The molecule has 4 aromatic heterocycles. The van der Waals surface area contributed by atoms with E-state index in [2.05, 4.69) is 39.9 Å². The second-order valence-electron chi connectivity index (χ2n) is 11.4. The van der Waals surface area contributed by atoms with Crippen molar-refractivity contribution in [1.29, 1.82) is 0 Å². The van der Waals surface area contributed by atoms with E-state index in [1.165, 1.54) is 0 Å². The quantitative estimate of drug-likeness (QED) is 0.203. The molecule has 0 fully saturated rings. The predicted molar refractivity (Wildman–Crippen MR) is 186 cm³/mol. The van der Waals surface area contributed by atoms with E-state index in [1.807, 2.05) is 109 Å². The average Bonchev–Trinajstić information content (AvgIpc) is 3.12. The summed E-state index contributed by atoms with van der Waals surface area (Å²) in [4.78, 5) is 77.1. The van der Waals surface area contributed by atoms with E-state index in [4.69, 9.17) is 0 Å². The number of aromatic nitrogens is 8. The summed E-state index contributed by atoms with van der Waals surface area (Å²) in [6.07, 6.45) is 0.633. The third-order valence-corrected chi connectivity index (χ3v) is 8.10. The molecule has 0 radical (unpaired) electrons. The van der Waals surface area contributed by atoms with Gasteiger partial charge in [0.1, 0.15) is 0 Å². The summed E-state index contributed by atoms with van der Waals surface area (Å²) < 4.78 is 0. The summed E-state index contributed by atoms with van der Waals surface area (Å²) in [5.74, 6) is 0. The van der Waals surface area contributed by atoms with Crippen LogP contribution in [0.5, 0.6) is 0 Å². The molecule has 4 N–H and O–H groups in total. The summed E-state index contributed by atoms with van der Waals surface area (Å²) in [5.41, 5.74) is 5.11. The summed E-state index contributed by atoms with van der Waals surface area (Å²) in [7, 11) is 0. The molecule has 0 bridgehead atoms. The monoisotopic (exact) mass is 644 g/mol. The Bertz CT molecular complexity index is 2750. The summed E-state index contributed by atoms with van der Waals surface area (Å²) >= 11 is 0. The zero-order chi connectivity index (χ0) is 33.5. The molecule has 49 heavy (non-hydrogen) atoms. The number of benzene rings is 4. The molecule has 0 aliphatic rings. The number of aromatic amines is 4. The minimum atomic E-state index is -0.652. The van der Waals surface area contributed by atoms with Crippen LogP contribution in [-0.4, -0.2) is 39.9 Å². The van der Waals surface area contributed by atoms with Gasteiger partial charge >= 0.3 is 11.4 Å². The Balaban J connectivity index is 1.12. The average molecular weight is 645 g/mol. The SMILES string of the molecule is O=c1[nH]c(=O)c2nc(-c3ccccc3)c(-c3ccc(Cc4ccc(-c5nc6c(=O)[nH]c(=O)[nH]c6nc5-c5ccccc5)cc4)cc3)nc2[nH]1. The standard InChI is InChI=1S/C37H24N8O4/c46-34-30-33(43-37(49)44-34)41-29(26(38-30)22-7-3-1-4-8-22)25-17-13-21(14-18-25)19-20-11-15-24(16-12-20)27-28(23-9-5-2-6-10-23)40-32-31(39-27)35(47)45-36(48)42-32/h1-18H,19H2,(H2,40,42,45,47,48)(H2,41,43,44,46,49). The maximum absolute atomic E-state index is 12.6. The van der Waals surface area contributed by atoms with Crippen LogP contribution in [0.25, 0.3) is 67.4 Å². The van der Waals surface area contributed by atoms with Gasteiger partial charge in [0.2, 0.25) is 0 Å². The van der Waals surface area contributed by atoms with Gasteiger partial charge in [-0.05, 0) is 17.5 Å². The van der Waals surface area contributed by atoms with Crippen molar-refractivity contribution in [3.8, 4) is 45.0 Å². The number of fused-ring (bicyclic) bond motifs is 2. The van der Waals surface area contributed by atoms with Crippen LogP contribution in [0.15, 0.2) is 128 Å². The van der Waals surface area contributed by atoms with Gasteiger partial charge in [-0.2, -0.15) is 0 Å². The van der Waals surface area contributed by atoms with E-state index in [-0.39, 0.29) is 22.3 Å². The van der Waals surface area contributed by atoms with Gasteiger partial charge in [-0.25, -0.2) is 29.5 Å². The molecular weight excluding hydrogens is 620 g/mol. The topological polar surface area (TPSA) is 183 Å². The van der Waals surface area contributed by atoms with E-state index < -0.39 is 22.5 Å². The van der Waals surface area contributed by atoms with Crippen LogP contribution in [0, 0.1) is 0 Å². The van der Waals surface area contributed by atoms with E-state index in [1.54, 1.807) is 0 Å². The third-order valence-electron chi connectivity index (χ3n) is 8.10. The van der Waals surface area contributed by atoms with Crippen molar-refractivity contribution in [2.24, 2.45) is 0 Å². The van der Waals surface area contributed by atoms with Gasteiger partial charge < -0.3 is 0 Å². The molecule has 12 nitrogen and oxygen atoms in total. The van der Waals surface area contributed by atoms with Gasteiger partial charge in [-0.1, -0.05) is 109 Å². The van der Waals surface area contributed by atoms with Crippen molar-refractivity contribution < 1.29 is 0 Å². The molecule has 0 amide bonds. The Hall–Kier alpha value is -7.08. The highest BCUT2D eigenvalue weighted by Gasteiger charge is 2.17. The zero-order valence-electron chi connectivity index (χ0n) is 25.5. The first-order valence-electron chi connectivity index (χ1n) is 15.3. The van der Waals surface area contributed by atoms with Crippen molar-refractivity contribution in [2.75, 3.05) is 0 Å². The summed E-state index contributed by atoms with van der Waals surface area (Å²) in [5, 5.41) is 0. The van der Waals surface area contributed by atoms with E-state index in [9.17, 15) is 19.2 Å². The fourth-order valence-corrected chi connectivity index (χ4v) is 5.76. The fourth-order valence-electron chi connectivity index (χ4n) is 5.76. The molecule has 8 rings (SSSR count). The molecule has 8 aromatic rings.